The molecular weight excluding hydrogens is 156 g/mol. The zero-order valence-corrected chi connectivity index (χ0v) is 8.66. The first kappa shape index (κ1) is 11.3. The maximum atomic E-state index is 9.07. The molecular formula is C9H20OS. The average molecular weight is 176 g/mol. The fourth-order valence-electron chi connectivity index (χ4n) is 1.13. The van der Waals surface area contributed by atoms with Crippen LogP contribution in [-0.4, -0.2) is 22.7 Å². The van der Waals surface area contributed by atoms with E-state index >= 15 is 0 Å². The molecule has 0 bridgehead atoms. The van der Waals surface area contributed by atoms with Gasteiger partial charge in [0.2, 0.25) is 0 Å². The highest BCUT2D eigenvalue weighted by Crippen LogP contribution is 2.13. The van der Waals surface area contributed by atoms with E-state index in [0.29, 0.717) is 5.92 Å². The highest BCUT2D eigenvalue weighted by atomic mass is 32.2. The molecule has 0 fully saturated rings. The lowest BCUT2D eigenvalue weighted by Crippen LogP contribution is -2.07. The maximum absolute atomic E-state index is 9.07. The van der Waals surface area contributed by atoms with Crippen molar-refractivity contribution in [1.82, 2.24) is 0 Å². The van der Waals surface area contributed by atoms with Gasteiger partial charge in [-0.15, -0.1) is 0 Å². The Morgan fingerprint density at radius 2 is 2.00 bits per heavy atom. The van der Waals surface area contributed by atoms with E-state index in [4.69, 9.17) is 5.11 Å². The normalized spacial score (nSPS) is 16.4. The van der Waals surface area contributed by atoms with E-state index in [1.807, 2.05) is 18.7 Å². The smallest absolute Gasteiger partial charge is 0.0514 e. The van der Waals surface area contributed by atoms with E-state index < -0.39 is 0 Å². The highest BCUT2D eigenvalue weighted by Gasteiger charge is 2.04. The van der Waals surface area contributed by atoms with Crippen molar-refractivity contribution in [3.05, 3.63) is 0 Å². The number of hydrogen-bond donors (Lipinski definition) is 1. The molecule has 2 heteroatoms. The van der Waals surface area contributed by atoms with Crippen LogP contribution in [0.1, 0.15) is 33.6 Å². The van der Waals surface area contributed by atoms with Gasteiger partial charge in [0, 0.05) is 0 Å². The molecule has 2 unspecified atom stereocenters. The molecule has 0 aromatic rings. The minimum absolute atomic E-state index is 0.128. The lowest BCUT2D eigenvalue weighted by Gasteiger charge is -2.11. The molecule has 11 heavy (non-hydrogen) atoms. The molecule has 0 aliphatic carbocycles. The number of hydrogen-bond acceptors (Lipinski definition) is 2. The molecule has 0 aliphatic rings. The summed E-state index contributed by atoms with van der Waals surface area (Å²) in [5, 5.41) is 9.07. The van der Waals surface area contributed by atoms with E-state index in [1.54, 1.807) is 0 Å². The van der Waals surface area contributed by atoms with E-state index in [0.717, 1.165) is 6.42 Å². The first-order chi connectivity index (χ1) is 5.16. The van der Waals surface area contributed by atoms with Crippen molar-refractivity contribution >= 4 is 11.8 Å². The Labute approximate surface area is 74.6 Å². The molecule has 1 N–H and O–H groups in total. The minimum atomic E-state index is -0.128. The van der Waals surface area contributed by atoms with Crippen LogP contribution < -0.4 is 0 Å². The van der Waals surface area contributed by atoms with Crippen LogP contribution in [-0.2, 0) is 0 Å². The standard InChI is InChI=1S/C9H20OS/c1-4-11-6-5-8(2)7-9(3)10/h8-10H,4-7H2,1-3H3. The molecule has 0 saturated carbocycles. The van der Waals surface area contributed by atoms with Crippen LogP contribution in [0.5, 0.6) is 0 Å². The molecule has 0 radical (unpaired) electrons. The van der Waals surface area contributed by atoms with Crippen LogP contribution in [0.2, 0.25) is 0 Å². The average Bonchev–Trinajstić information content (AvgIpc) is 1.86. The number of aliphatic hydroxyl groups is 1. The van der Waals surface area contributed by atoms with Crippen LogP contribution >= 0.6 is 11.8 Å². The topological polar surface area (TPSA) is 20.2 Å². The second kappa shape index (κ2) is 6.99. The molecule has 0 aliphatic heterocycles. The van der Waals surface area contributed by atoms with Gasteiger partial charge in [0.15, 0.2) is 0 Å². The second-order valence-corrected chi connectivity index (χ2v) is 4.57. The third-order valence-electron chi connectivity index (χ3n) is 1.70. The first-order valence-electron chi connectivity index (χ1n) is 4.42. The van der Waals surface area contributed by atoms with Gasteiger partial charge < -0.3 is 5.11 Å². The Balaban J connectivity index is 3.15. The third-order valence-corrected chi connectivity index (χ3v) is 2.64. The highest BCUT2D eigenvalue weighted by molar-refractivity contribution is 7.99. The van der Waals surface area contributed by atoms with Gasteiger partial charge in [0.25, 0.3) is 0 Å². The predicted octanol–water partition coefficient (Wildman–Crippen LogP) is 2.54. The summed E-state index contributed by atoms with van der Waals surface area (Å²) in [4.78, 5) is 0. The van der Waals surface area contributed by atoms with Crippen molar-refractivity contribution in [2.24, 2.45) is 5.92 Å². The lowest BCUT2D eigenvalue weighted by molar-refractivity contribution is 0.163. The van der Waals surface area contributed by atoms with Gasteiger partial charge in [-0.05, 0) is 37.2 Å². The molecule has 0 rings (SSSR count). The Morgan fingerprint density at radius 1 is 1.36 bits per heavy atom. The van der Waals surface area contributed by atoms with Crippen LogP contribution in [0, 0.1) is 5.92 Å². The van der Waals surface area contributed by atoms with Gasteiger partial charge in [0.05, 0.1) is 6.10 Å². The molecule has 1 nitrogen and oxygen atoms in total. The molecule has 0 spiro atoms. The van der Waals surface area contributed by atoms with Gasteiger partial charge >= 0.3 is 0 Å². The summed E-state index contributed by atoms with van der Waals surface area (Å²) in [5.74, 6) is 3.13. The van der Waals surface area contributed by atoms with Crippen LogP contribution in [0.3, 0.4) is 0 Å². The maximum Gasteiger partial charge on any atom is 0.0514 e. The van der Waals surface area contributed by atoms with Crippen molar-refractivity contribution in [2.45, 2.75) is 39.7 Å². The first-order valence-corrected chi connectivity index (χ1v) is 5.58. The summed E-state index contributed by atoms with van der Waals surface area (Å²) in [5.41, 5.74) is 0. The summed E-state index contributed by atoms with van der Waals surface area (Å²) < 4.78 is 0. The Bertz CT molecular complexity index is 83.6. The van der Waals surface area contributed by atoms with E-state index in [-0.39, 0.29) is 6.10 Å². The summed E-state index contributed by atoms with van der Waals surface area (Å²) in [7, 11) is 0. The Kier molecular flexibility index (Phi) is 7.18. The summed E-state index contributed by atoms with van der Waals surface area (Å²) >= 11 is 1.98. The number of aliphatic hydroxyl groups excluding tert-OH is 1. The van der Waals surface area contributed by atoms with Crippen LogP contribution in [0.15, 0.2) is 0 Å². The minimum Gasteiger partial charge on any atom is -0.393 e. The van der Waals surface area contributed by atoms with Crippen molar-refractivity contribution in [2.75, 3.05) is 11.5 Å². The molecule has 0 aromatic carbocycles. The van der Waals surface area contributed by atoms with Gasteiger partial charge in [-0.25, -0.2) is 0 Å². The largest absolute Gasteiger partial charge is 0.393 e. The zero-order chi connectivity index (χ0) is 8.69. The summed E-state index contributed by atoms with van der Waals surface area (Å²) in [6, 6.07) is 0. The van der Waals surface area contributed by atoms with Gasteiger partial charge in [-0.1, -0.05) is 13.8 Å². The Morgan fingerprint density at radius 3 is 2.45 bits per heavy atom. The van der Waals surface area contributed by atoms with Crippen molar-refractivity contribution < 1.29 is 5.11 Å². The zero-order valence-electron chi connectivity index (χ0n) is 7.84. The van der Waals surface area contributed by atoms with E-state index in [9.17, 15) is 0 Å². The Hall–Kier alpha value is 0.310. The molecule has 2 atom stereocenters. The van der Waals surface area contributed by atoms with Crippen molar-refractivity contribution in [3.8, 4) is 0 Å². The van der Waals surface area contributed by atoms with Gasteiger partial charge in [-0.2, -0.15) is 11.8 Å². The quantitative estimate of drug-likeness (QED) is 0.628. The van der Waals surface area contributed by atoms with Crippen molar-refractivity contribution in [1.29, 1.82) is 0 Å². The molecule has 0 aromatic heterocycles. The predicted molar refractivity (Wildman–Crippen MR) is 53.1 cm³/mol. The summed E-state index contributed by atoms with van der Waals surface area (Å²) in [6.07, 6.45) is 2.06. The lowest BCUT2D eigenvalue weighted by atomic mass is 10.0. The fourth-order valence-corrected chi connectivity index (χ4v) is 1.99. The SMILES string of the molecule is CCSCCC(C)CC(C)O. The summed E-state index contributed by atoms with van der Waals surface area (Å²) in [6.45, 7) is 6.26. The number of thioether (sulfide) groups is 1. The van der Waals surface area contributed by atoms with Crippen molar-refractivity contribution in [3.63, 3.8) is 0 Å². The number of rotatable bonds is 6. The van der Waals surface area contributed by atoms with Gasteiger partial charge in [-0.3, -0.25) is 0 Å². The van der Waals surface area contributed by atoms with Crippen LogP contribution in [0.4, 0.5) is 0 Å². The monoisotopic (exact) mass is 176 g/mol. The fraction of sp³-hybridized carbons (Fsp3) is 1.00. The molecule has 0 heterocycles. The van der Waals surface area contributed by atoms with E-state index in [1.165, 1.54) is 17.9 Å². The van der Waals surface area contributed by atoms with Gasteiger partial charge in [0.1, 0.15) is 0 Å². The van der Waals surface area contributed by atoms with Crippen LogP contribution in [0.25, 0.3) is 0 Å². The molecule has 0 amide bonds. The molecule has 68 valence electrons. The third kappa shape index (κ3) is 8.21. The molecule has 0 saturated heterocycles. The van der Waals surface area contributed by atoms with E-state index in [2.05, 4.69) is 13.8 Å². The second-order valence-electron chi connectivity index (χ2n) is 3.18.